The van der Waals surface area contributed by atoms with Crippen LogP contribution in [0.2, 0.25) is 0 Å². The molecule has 5 aliphatic rings. The lowest BCUT2D eigenvalue weighted by atomic mass is 9.47. The van der Waals surface area contributed by atoms with E-state index in [2.05, 4.69) is 5.32 Å². The average Bonchev–Trinajstić information content (AvgIpc) is 2.61. The smallest absolute Gasteiger partial charge is 0.408 e. The quantitative estimate of drug-likeness (QED) is 0.710. The zero-order valence-electron chi connectivity index (χ0n) is 19.5. The summed E-state index contributed by atoms with van der Waals surface area (Å²) in [6.45, 7) is 7.87. The SMILES string of the molecule is C[C@H]1CN(C(=O)CNC(=O)OC(C)(C)C)CCN1C(=O)C12CC3CC(F)(CC(F)(C3)C1)C2. The van der Waals surface area contributed by atoms with E-state index in [4.69, 9.17) is 4.74 Å². The molecule has 5 fully saturated rings. The molecule has 0 aromatic rings. The highest BCUT2D eigenvalue weighted by molar-refractivity contribution is 5.85. The average molecular weight is 456 g/mol. The molecule has 2 unspecified atom stereocenters. The van der Waals surface area contributed by atoms with E-state index in [0.717, 1.165) is 0 Å². The molecule has 180 valence electrons. The molecule has 3 amide bonds. The van der Waals surface area contributed by atoms with Crippen molar-refractivity contribution in [2.75, 3.05) is 26.2 Å². The van der Waals surface area contributed by atoms with E-state index in [-0.39, 0.29) is 49.6 Å². The van der Waals surface area contributed by atoms with Crippen molar-refractivity contribution < 1.29 is 27.9 Å². The van der Waals surface area contributed by atoms with Crippen molar-refractivity contribution in [3.05, 3.63) is 0 Å². The van der Waals surface area contributed by atoms with Gasteiger partial charge in [-0.25, -0.2) is 13.6 Å². The van der Waals surface area contributed by atoms with Gasteiger partial charge in [0.1, 0.15) is 23.5 Å². The fourth-order valence-electron chi connectivity index (χ4n) is 6.81. The zero-order valence-corrected chi connectivity index (χ0v) is 19.5. The van der Waals surface area contributed by atoms with Crippen LogP contribution in [0, 0.1) is 11.3 Å². The van der Waals surface area contributed by atoms with Crippen molar-refractivity contribution in [3.8, 4) is 0 Å². The Morgan fingerprint density at radius 2 is 1.66 bits per heavy atom. The van der Waals surface area contributed by atoms with Crippen LogP contribution in [0.1, 0.15) is 66.2 Å². The monoisotopic (exact) mass is 455 g/mol. The second-order valence-electron chi connectivity index (χ2n) is 11.6. The molecule has 4 saturated carbocycles. The van der Waals surface area contributed by atoms with E-state index in [9.17, 15) is 14.4 Å². The van der Waals surface area contributed by atoms with Crippen LogP contribution in [-0.4, -0.2) is 76.9 Å². The highest BCUT2D eigenvalue weighted by Gasteiger charge is 2.67. The van der Waals surface area contributed by atoms with Crippen molar-refractivity contribution >= 4 is 17.9 Å². The number of hydrogen-bond acceptors (Lipinski definition) is 4. The molecule has 1 aliphatic heterocycles. The maximum absolute atomic E-state index is 15.3. The summed E-state index contributed by atoms with van der Waals surface area (Å²) in [6.07, 6.45) is 0.809. The molecule has 0 aromatic carbocycles. The molecule has 1 heterocycles. The number of alkyl halides is 2. The van der Waals surface area contributed by atoms with Gasteiger partial charge in [0.2, 0.25) is 11.8 Å². The van der Waals surface area contributed by atoms with Crippen molar-refractivity contribution in [2.45, 2.75) is 89.2 Å². The molecule has 9 heteroatoms. The van der Waals surface area contributed by atoms with E-state index in [1.54, 1.807) is 30.6 Å². The Kier molecular flexibility index (Phi) is 5.48. The van der Waals surface area contributed by atoms with Crippen LogP contribution in [0.15, 0.2) is 0 Å². The molecule has 3 atom stereocenters. The third kappa shape index (κ3) is 4.44. The van der Waals surface area contributed by atoms with Gasteiger partial charge < -0.3 is 19.9 Å². The molecule has 0 aromatic heterocycles. The van der Waals surface area contributed by atoms with Crippen LogP contribution in [0.25, 0.3) is 0 Å². The Balaban J connectivity index is 1.35. The van der Waals surface area contributed by atoms with Crippen molar-refractivity contribution in [2.24, 2.45) is 11.3 Å². The number of amides is 3. The normalized spacial score (nSPS) is 38.6. The van der Waals surface area contributed by atoms with Gasteiger partial charge in [0.15, 0.2) is 0 Å². The molecule has 0 spiro atoms. The van der Waals surface area contributed by atoms with E-state index >= 15 is 8.78 Å². The van der Waals surface area contributed by atoms with Crippen molar-refractivity contribution in [1.29, 1.82) is 0 Å². The Morgan fingerprint density at radius 1 is 1.03 bits per heavy atom. The molecule has 5 rings (SSSR count). The highest BCUT2D eigenvalue weighted by atomic mass is 19.2. The molecule has 1 saturated heterocycles. The van der Waals surface area contributed by atoms with Crippen LogP contribution < -0.4 is 5.32 Å². The number of nitrogens with one attached hydrogen (secondary N) is 1. The van der Waals surface area contributed by atoms with Gasteiger partial charge >= 0.3 is 6.09 Å². The first-order chi connectivity index (χ1) is 14.7. The molecule has 7 nitrogen and oxygen atoms in total. The van der Waals surface area contributed by atoms with Crippen LogP contribution in [0.5, 0.6) is 0 Å². The summed E-state index contributed by atoms with van der Waals surface area (Å²) in [6, 6.07) is -0.263. The van der Waals surface area contributed by atoms with Gasteiger partial charge in [0.05, 0.1) is 5.41 Å². The third-order valence-corrected chi connectivity index (χ3v) is 7.41. The second-order valence-corrected chi connectivity index (χ2v) is 11.6. The van der Waals surface area contributed by atoms with Crippen LogP contribution >= 0.6 is 0 Å². The maximum Gasteiger partial charge on any atom is 0.408 e. The topological polar surface area (TPSA) is 79.0 Å². The van der Waals surface area contributed by atoms with Crippen LogP contribution in [0.4, 0.5) is 13.6 Å². The first-order valence-electron chi connectivity index (χ1n) is 11.7. The van der Waals surface area contributed by atoms with E-state index < -0.39 is 28.4 Å². The van der Waals surface area contributed by atoms with Crippen LogP contribution in [-0.2, 0) is 14.3 Å². The van der Waals surface area contributed by atoms with Crippen molar-refractivity contribution in [1.82, 2.24) is 15.1 Å². The molecule has 4 aliphatic carbocycles. The lowest BCUT2D eigenvalue weighted by Crippen LogP contribution is -2.66. The number of nitrogens with zero attached hydrogens (tertiary/aromatic N) is 2. The summed E-state index contributed by atoms with van der Waals surface area (Å²) in [5, 5.41) is 2.47. The minimum absolute atomic E-state index is 0.0673. The first kappa shape index (κ1) is 23.2. The number of ether oxygens (including phenoxy) is 1. The summed E-state index contributed by atoms with van der Waals surface area (Å²) in [7, 11) is 0. The van der Waals surface area contributed by atoms with Crippen LogP contribution in [0.3, 0.4) is 0 Å². The minimum atomic E-state index is -1.57. The summed E-state index contributed by atoms with van der Waals surface area (Å²) in [4.78, 5) is 41.3. The van der Waals surface area contributed by atoms with Gasteiger partial charge in [-0.1, -0.05) is 0 Å². The molecular formula is C23H35F2N3O4. The predicted octanol–water partition coefficient (Wildman–Crippen LogP) is 2.97. The van der Waals surface area contributed by atoms with E-state index in [0.29, 0.717) is 38.9 Å². The second kappa shape index (κ2) is 7.55. The first-order valence-corrected chi connectivity index (χ1v) is 11.7. The number of carbonyl (C=O) groups excluding carboxylic acids is 3. The molecule has 1 N–H and O–H groups in total. The molecule has 4 bridgehead atoms. The summed E-state index contributed by atoms with van der Waals surface area (Å²) in [5.41, 5.74) is -4.75. The van der Waals surface area contributed by atoms with Gasteiger partial charge in [-0.3, -0.25) is 9.59 Å². The lowest BCUT2D eigenvalue weighted by Gasteiger charge is -2.61. The summed E-state index contributed by atoms with van der Waals surface area (Å²) < 4.78 is 35.8. The van der Waals surface area contributed by atoms with Gasteiger partial charge in [0, 0.05) is 32.1 Å². The Morgan fingerprint density at radius 3 is 2.19 bits per heavy atom. The molecule has 0 radical (unpaired) electrons. The zero-order chi connectivity index (χ0) is 23.5. The Hall–Kier alpha value is -1.93. The number of hydrogen-bond donors (Lipinski definition) is 1. The number of piperazine rings is 1. The standard InChI is InChI=1S/C23H35F2N3O4/c1-15-11-27(17(29)10-26-19(31)32-20(2,3)4)5-6-28(15)18(30)21-7-16-8-22(24,12-21)14-23(25,9-16)13-21/h15-16H,5-14H2,1-4H3,(H,26,31)/t15-,16?,21?,22?,23?/m0/s1. The number of rotatable bonds is 3. The lowest BCUT2D eigenvalue weighted by molar-refractivity contribution is -0.195. The van der Waals surface area contributed by atoms with Gasteiger partial charge in [-0.15, -0.1) is 0 Å². The minimum Gasteiger partial charge on any atom is -0.444 e. The predicted molar refractivity (Wildman–Crippen MR) is 113 cm³/mol. The Bertz CT molecular complexity index is 796. The highest BCUT2D eigenvalue weighted by Crippen LogP contribution is 2.66. The number of alkyl carbamates (subject to hydrolysis) is 1. The molecule has 32 heavy (non-hydrogen) atoms. The largest absolute Gasteiger partial charge is 0.444 e. The van der Waals surface area contributed by atoms with Gasteiger partial charge in [0.25, 0.3) is 0 Å². The summed E-state index contributed by atoms with van der Waals surface area (Å²) in [5.74, 6) is -0.477. The van der Waals surface area contributed by atoms with Gasteiger partial charge in [-0.05, 0) is 65.7 Å². The van der Waals surface area contributed by atoms with Gasteiger partial charge in [-0.2, -0.15) is 0 Å². The fourth-order valence-corrected chi connectivity index (χ4v) is 6.81. The fraction of sp³-hybridized carbons (Fsp3) is 0.870. The van der Waals surface area contributed by atoms with Crippen molar-refractivity contribution in [3.63, 3.8) is 0 Å². The number of carbonyl (C=O) groups is 3. The van der Waals surface area contributed by atoms with E-state index in [1.807, 2.05) is 6.92 Å². The Labute approximate surface area is 188 Å². The van der Waals surface area contributed by atoms with E-state index in [1.165, 1.54) is 0 Å². The number of halogens is 2. The third-order valence-electron chi connectivity index (χ3n) is 7.41. The molecular weight excluding hydrogens is 420 g/mol. The summed E-state index contributed by atoms with van der Waals surface area (Å²) >= 11 is 0. The maximum atomic E-state index is 15.3.